The third-order valence-electron chi connectivity index (χ3n) is 4.63. The molecule has 0 N–H and O–H groups in total. The Bertz CT molecular complexity index is 742. The number of cyclic esters (lactones) is 1. The summed E-state index contributed by atoms with van der Waals surface area (Å²) in [6.45, 7) is 0.402. The molecule has 0 radical (unpaired) electrons. The molecular formula is C20H21FO4. The van der Waals surface area contributed by atoms with Crippen molar-refractivity contribution in [3.05, 3.63) is 59.4 Å². The maximum Gasteiger partial charge on any atom is 0.309 e. The molecule has 0 unspecified atom stereocenters. The Morgan fingerprint density at radius 2 is 1.68 bits per heavy atom. The maximum atomic E-state index is 13.1. The number of rotatable bonds is 6. The van der Waals surface area contributed by atoms with Crippen LogP contribution in [0.1, 0.15) is 11.1 Å². The van der Waals surface area contributed by atoms with Crippen molar-refractivity contribution in [3.63, 3.8) is 0 Å². The van der Waals surface area contributed by atoms with Crippen molar-refractivity contribution in [2.45, 2.75) is 12.8 Å². The Hall–Kier alpha value is -2.56. The molecular weight excluding hydrogens is 323 g/mol. The molecule has 1 saturated heterocycles. The lowest BCUT2D eigenvalue weighted by Crippen LogP contribution is -2.20. The van der Waals surface area contributed by atoms with Crippen LogP contribution in [0, 0.1) is 17.7 Å². The largest absolute Gasteiger partial charge is 0.493 e. The SMILES string of the molecule is COc1ccc(C[C@H]2COC(=O)[C@@H]2Cc2ccc(F)cc2)cc1OC. The molecule has 5 heteroatoms. The standard InChI is InChI=1S/C20H21FO4/c1-23-18-8-5-14(11-19(18)24-2)9-15-12-25-20(22)17(15)10-13-3-6-16(21)7-4-13/h3-8,11,15,17H,9-10,12H2,1-2H3/t15-,17+/m0/s1. The summed E-state index contributed by atoms with van der Waals surface area (Å²) in [7, 11) is 3.20. The van der Waals surface area contributed by atoms with Gasteiger partial charge < -0.3 is 14.2 Å². The monoisotopic (exact) mass is 344 g/mol. The first-order valence-electron chi connectivity index (χ1n) is 8.22. The molecule has 0 aromatic heterocycles. The van der Waals surface area contributed by atoms with Gasteiger partial charge in [-0.05, 0) is 48.2 Å². The Kier molecular flexibility index (Phi) is 5.22. The minimum absolute atomic E-state index is 0.0793. The molecule has 1 aliphatic heterocycles. The molecule has 1 heterocycles. The number of methoxy groups -OCH3 is 2. The number of halogens is 1. The number of hydrogen-bond donors (Lipinski definition) is 0. The Balaban J connectivity index is 1.74. The van der Waals surface area contributed by atoms with Gasteiger partial charge in [-0.2, -0.15) is 0 Å². The number of carbonyl (C=O) groups is 1. The molecule has 4 nitrogen and oxygen atoms in total. The van der Waals surface area contributed by atoms with E-state index in [0.717, 1.165) is 11.1 Å². The first kappa shape index (κ1) is 17.3. The van der Waals surface area contributed by atoms with Crippen LogP contribution in [0.15, 0.2) is 42.5 Å². The average molecular weight is 344 g/mol. The highest BCUT2D eigenvalue weighted by Gasteiger charge is 2.36. The Morgan fingerprint density at radius 1 is 1.00 bits per heavy atom. The molecule has 0 bridgehead atoms. The predicted molar refractivity (Wildman–Crippen MR) is 91.3 cm³/mol. The molecule has 25 heavy (non-hydrogen) atoms. The van der Waals surface area contributed by atoms with Crippen LogP contribution in [0.4, 0.5) is 4.39 Å². The van der Waals surface area contributed by atoms with Crippen molar-refractivity contribution in [1.82, 2.24) is 0 Å². The van der Waals surface area contributed by atoms with Crippen molar-refractivity contribution in [2.75, 3.05) is 20.8 Å². The summed E-state index contributed by atoms with van der Waals surface area (Å²) in [5, 5.41) is 0. The first-order chi connectivity index (χ1) is 12.1. The van der Waals surface area contributed by atoms with Gasteiger partial charge in [0.1, 0.15) is 5.82 Å². The van der Waals surface area contributed by atoms with Crippen LogP contribution in [0.25, 0.3) is 0 Å². The number of benzene rings is 2. The van der Waals surface area contributed by atoms with Crippen LogP contribution in [0.2, 0.25) is 0 Å². The fraction of sp³-hybridized carbons (Fsp3) is 0.350. The summed E-state index contributed by atoms with van der Waals surface area (Å²) >= 11 is 0. The summed E-state index contributed by atoms with van der Waals surface area (Å²) < 4.78 is 28.9. The Labute approximate surface area is 146 Å². The van der Waals surface area contributed by atoms with Crippen molar-refractivity contribution in [1.29, 1.82) is 0 Å². The molecule has 132 valence electrons. The fourth-order valence-electron chi connectivity index (χ4n) is 3.24. The molecule has 0 spiro atoms. The highest BCUT2D eigenvalue weighted by atomic mass is 19.1. The minimum atomic E-state index is -0.278. The number of hydrogen-bond acceptors (Lipinski definition) is 4. The van der Waals surface area contributed by atoms with Crippen molar-refractivity contribution in [2.24, 2.45) is 11.8 Å². The zero-order valence-corrected chi connectivity index (χ0v) is 14.3. The lowest BCUT2D eigenvalue weighted by atomic mass is 9.85. The van der Waals surface area contributed by atoms with Crippen molar-refractivity contribution >= 4 is 5.97 Å². The van der Waals surface area contributed by atoms with E-state index in [1.165, 1.54) is 12.1 Å². The summed E-state index contributed by atoms with van der Waals surface area (Å²) in [4.78, 5) is 12.1. The maximum absolute atomic E-state index is 13.1. The molecule has 2 aromatic rings. The first-order valence-corrected chi connectivity index (χ1v) is 8.22. The molecule has 0 aliphatic carbocycles. The van der Waals surface area contributed by atoms with Gasteiger partial charge >= 0.3 is 5.97 Å². The quantitative estimate of drug-likeness (QED) is 0.753. The molecule has 3 rings (SSSR count). The van der Waals surface area contributed by atoms with E-state index in [1.54, 1.807) is 26.4 Å². The van der Waals surface area contributed by atoms with E-state index < -0.39 is 0 Å². The molecule has 2 atom stereocenters. The zero-order valence-electron chi connectivity index (χ0n) is 14.3. The summed E-state index contributed by atoms with van der Waals surface area (Å²) in [6.07, 6.45) is 1.26. The molecule has 1 aliphatic rings. The van der Waals surface area contributed by atoms with Crippen molar-refractivity contribution < 1.29 is 23.4 Å². The van der Waals surface area contributed by atoms with E-state index in [2.05, 4.69) is 0 Å². The van der Waals surface area contributed by atoms with E-state index in [-0.39, 0.29) is 23.6 Å². The molecule has 1 fully saturated rings. The fourth-order valence-corrected chi connectivity index (χ4v) is 3.24. The predicted octanol–water partition coefficient (Wildman–Crippen LogP) is 3.42. The van der Waals surface area contributed by atoms with Crippen LogP contribution >= 0.6 is 0 Å². The highest BCUT2D eigenvalue weighted by Crippen LogP contribution is 2.32. The summed E-state index contributed by atoms with van der Waals surface area (Å²) in [6, 6.07) is 12.0. The van der Waals surface area contributed by atoms with Crippen LogP contribution in [-0.2, 0) is 22.4 Å². The van der Waals surface area contributed by atoms with E-state index >= 15 is 0 Å². The molecule has 2 aromatic carbocycles. The minimum Gasteiger partial charge on any atom is -0.493 e. The number of ether oxygens (including phenoxy) is 3. The lowest BCUT2D eigenvalue weighted by molar-refractivity contribution is -0.141. The van der Waals surface area contributed by atoms with E-state index in [0.29, 0.717) is 30.9 Å². The third-order valence-corrected chi connectivity index (χ3v) is 4.63. The van der Waals surface area contributed by atoms with Gasteiger partial charge in [0.15, 0.2) is 11.5 Å². The number of esters is 1. The summed E-state index contributed by atoms with van der Waals surface area (Å²) in [5.41, 5.74) is 1.99. The number of carbonyl (C=O) groups excluding carboxylic acids is 1. The van der Waals surface area contributed by atoms with Gasteiger partial charge in [0.05, 0.1) is 26.7 Å². The Morgan fingerprint density at radius 3 is 2.36 bits per heavy atom. The van der Waals surface area contributed by atoms with Crippen LogP contribution < -0.4 is 9.47 Å². The summed E-state index contributed by atoms with van der Waals surface area (Å²) in [5.74, 6) is 0.733. The van der Waals surface area contributed by atoms with E-state index in [4.69, 9.17) is 14.2 Å². The average Bonchev–Trinajstić information content (AvgIpc) is 2.96. The van der Waals surface area contributed by atoms with Gasteiger partial charge in [-0.15, -0.1) is 0 Å². The van der Waals surface area contributed by atoms with E-state index in [1.807, 2.05) is 18.2 Å². The second kappa shape index (κ2) is 7.55. The van der Waals surface area contributed by atoms with Gasteiger partial charge in [0.25, 0.3) is 0 Å². The second-order valence-corrected chi connectivity index (χ2v) is 6.22. The van der Waals surface area contributed by atoms with Gasteiger partial charge in [0.2, 0.25) is 0 Å². The third kappa shape index (κ3) is 3.92. The normalized spacial score (nSPS) is 19.6. The highest BCUT2D eigenvalue weighted by molar-refractivity contribution is 5.75. The lowest BCUT2D eigenvalue weighted by Gasteiger charge is -2.16. The van der Waals surface area contributed by atoms with Crippen LogP contribution in [0.3, 0.4) is 0 Å². The molecule has 0 saturated carbocycles. The second-order valence-electron chi connectivity index (χ2n) is 6.22. The van der Waals surface area contributed by atoms with Crippen LogP contribution in [-0.4, -0.2) is 26.8 Å². The van der Waals surface area contributed by atoms with Gasteiger partial charge in [0, 0.05) is 5.92 Å². The zero-order chi connectivity index (χ0) is 17.8. The molecule has 0 amide bonds. The topological polar surface area (TPSA) is 44.8 Å². The van der Waals surface area contributed by atoms with E-state index in [9.17, 15) is 9.18 Å². The van der Waals surface area contributed by atoms with Gasteiger partial charge in [-0.3, -0.25) is 4.79 Å². The van der Waals surface area contributed by atoms with Crippen LogP contribution in [0.5, 0.6) is 11.5 Å². The van der Waals surface area contributed by atoms with Gasteiger partial charge in [-0.25, -0.2) is 4.39 Å². The van der Waals surface area contributed by atoms with Crippen molar-refractivity contribution in [3.8, 4) is 11.5 Å². The smallest absolute Gasteiger partial charge is 0.309 e. The van der Waals surface area contributed by atoms with Gasteiger partial charge in [-0.1, -0.05) is 18.2 Å².